The number of benzene rings is 2. The van der Waals surface area contributed by atoms with Gasteiger partial charge in [-0.15, -0.1) is 0 Å². The molecule has 1 amide bonds. The minimum Gasteiger partial charge on any atom is -0.469 e. The predicted octanol–water partition coefficient (Wildman–Crippen LogP) is 6.60. The molecular weight excluding hydrogens is 731 g/mol. The van der Waals surface area contributed by atoms with Crippen LogP contribution in [0.2, 0.25) is 0 Å². The number of rotatable bonds is 10. The number of nitrogens with one attached hydrogen (secondary N) is 2. The van der Waals surface area contributed by atoms with Gasteiger partial charge in [-0.3, -0.25) is 14.5 Å². The minimum absolute atomic E-state index is 0.0239. The SMILES string of the molecule is CC(C)C(N)C(=O)N1CCCC1c1ncc(-c2ccc3c(c2)cc2n3C(C3CC=CC(=O)C3)Oc3cc(-c4cnc(C5CCCN5C(O)C(N)C(C)C)[nH]4)ccc3-2)[nH]1. The normalized spacial score (nSPS) is 23.7. The van der Waals surface area contributed by atoms with Crippen molar-refractivity contribution in [3.8, 4) is 39.5 Å². The summed E-state index contributed by atoms with van der Waals surface area (Å²) >= 11 is 0. The molecule has 6 heterocycles. The summed E-state index contributed by atoms with van der Waals surface area (Å²) in [7, 11) is 0. The van der Waals surface area contributed by atoms with Crippen molar-refractivity contribution in [2.75, 3.05) is 13.1 Å². The quantitative estimate of drug-likeness (QED) is 0.104. The summed E-state index contributed by atoms with van der Waals surface area (Å²) < 4.78 is 9.20. The van der Waals surface area contributed by atoms with Crippen LogP contribution in [0.25, 0.3) is 44.7 Å². The molecule has 304 valence electrons. The Morgan fingerprint density at radius 1 is 0.897 bits per heavy atom. The van der Waals surface area contributed by atoms with E-state index in [1.807, 2.05) is 51.1 Å². The van der Waals surface area contributed by atoms with Gasteiger partial charge >= 0.3 is 0 Å². The number of aliphatic hydroxyl groups is 1. The van der Waals surface area contributed by atoms with Crippen molar-refractivity contribution in [3.05, 3.63) is 78.7 Å². The van der Waals surface area contributed by atoms with Crippen molar-refractivity contribution in [2.45, 2.75) is 103 Å². The van der Waals surface area contributed by atoms with Crippen LogP contribution in [-0.2, 0) is 9.59 Å². The van der Waals surface area contributed by atoms with Crippen LogP contribution in [0.1, 0.15) is 96.2 Å². The molecule has 3 aromatic heterocycles. The Bertz CT molecular complexity index is 2370. The first-order valence-electron chi connectivity index (χ1n) is 21.0. The number of aliphatic hydroxyl groups excluding tert-OH is 1. The summed E-state index contributed by atoms with van der Waals surface area (Å²) in [6.07, 6.45) is 11.0. The number of carbonyl (C=O) groups is 2. The molecule has 7 N–H and O–H groups in total. The largest absolute Gasteiger partial charge is 0.469 e. The number of fused-ring (bicyclic) bond motifs is 5. The lowest BCUT2D eigenvalue weighted by Crippen LogP contribution is -2.50. The van der Waals surface area contributed by atoms with Crippen LogP contribution < -0.4 is 16.2 Å². The number of aromatic amines is 2. The molecule has 0 spiro atoms. The number of ketones is 1. The number of nitrogens with zero attached hydrogens (tertiary/aromatic N) is 5. The summed E-state index contributed by atoms with van der Waals surface area (Å²) in [5.41, 5.74) is 19.4. The maximum atomic E-state index is 13.3. The minimum atomic E-state index is -0.745. The lowest BCUT2D eigenvalue weighted by atomic mass is 9.90. The zero-order chi connectivity index (χ0) is 40.4. The van der Waals surface area contributed by atoms with Gasteiger partial charge in [0.25, 0.3) is 0 Å². The smallest absolute Gasteiger partial charge is 0.240 e. The van der Waals surface area contributed by atoms with Crippen LogP contribution in [0.3, 0.4) is 0 Å². The first-order chi connectivity index (χ1) is 28.0. The van der Waals surface area contributed by atoms with Crippen LogP contribution in [0.5, 0.6) is 5.75 Å². The van der Waals surface area contributed by atoms with Gasteiger partial charge in [0.05, 0.1) is 53.1 Å². The average Bonchev–Trinajstić information content (AvgIpc) is 4.07. The number of carbonyl (C=O) groups excluding carboxylic acids is 2. The number of H-pyrrole nitrogens is 2. The van der Waals surface area contributed by atoms with E-state index in [2.05, 4.69) is 61.9 Å². The molecule has 2 aromatic carbocycles. The van der Waals surface area contributed by atoms with Crippen molar-refractivity contribution in [3.63, 3.8) is 0 Å². The number of allylic oxidation sites excluding steroid dienone is 2. The lowest BCUT2D eigenvalue weighted by molar-refractivity contribution is -0.134. The van der Waals surface area contributed by atoms with Crippen LogP contribution in [-0.4, -0.2) is 82.5 Å². The number of hydrogen-bond donors (Lipinski definition) is 5. The molecule has 13 nitrogen and oxygen atoms in total. The molecule has 5 aromatic rings. The third-order valence-electron chi connectivity index (χ3n) is 12.9. The fourth-order valence-electron chi connectivity index (χ4n) is 9.44. The molecule has 4 aliphatic rings. The first kappa shape index (κ1) is 38.4. The molecule has 0 radical (unpaired) electrons. The molecule has 1 aliphatic carbocycles. The lowest BCUT2D eigenvalue weighted by Gasteiger charge is -2.35. The van der Waals surface area contributed by atoms with E-state index in [0.29, 0.717) is 13.0 Å². The van der Waals surface area contributed by atoms with E-state index in [0.717, 1.165) is 101 Å². The second kappa shape index (κ2) is 15.3. The topological polar surface area (TPSA) is 184 Å². The highest BCUT2D eigenvalue weighted by Gasteiger charge is 2.38. The van der Waals surface area contributed by atoms with Crippen molar-refractivity contribution in [2.24, 2.45) is 29.2 Å². The Balaban J connectivity index is 1.03. The standard InChI is InChI=1S/C45H55N9O4/c1-24(2)39(46)43(56)52-16-6-10-35(52)41-48-22-32(50-41)26-13-15-34-29(18-26)20-37-31-14-12-27(21-38(31)58-45(54(34)37)28-8-5-9-30(55)19-28)33-23-49-42(51-33)36-11-7-17-53(36)44(57)40(47)25(3)4/h5,9,12-15,18,20-25,28,35-36,39-40,44-45,57H,6-8,10-11,16-17,19,46-47H2,1-4H3,(H,48,50)(H,49,51). The molecule has 2 fully saturated rings. The molecular formula is C45H55N9O4. The molecule has 0 saturated carbocycles. The first-order valence-corrected chi connectivity index (χ1v) is 21.0. The molecule has 3 aliphatic heterocycles. The Morgan fingerprint density at radius 2 is 1.59 bits per heavy atom. The van der Waals surface area contributed by atoms with E-state index in [1.165, 1.54) is 0 Å². The summed E-state index contributed by atoms with van der Waals surface area (Å²) in [6, 6.07) is 13.8. The number of ether oxygens (including phenoxy) is 1. The molecule has 7 atom stereocenters. The fraction of sp³-hybridized carbons (Fsp3) is 0.467. The van der Waals surface area contributed by atoms with Gasteiger partial charge < -0.3 is 40.7 Å². The van der Waals surface area contributed by atoms with E-state index >= 15 is 0 Å². The second-order valence-electron chi connectivity index (χ2n) is 17.4. The summed E-state index contributed by atoms with van der Waals surface area (Å²) in [4.78, 5) is 46.6. The van der Waals surface area contributed by atoms with Crippen molar-refractivity contribution >= 4 is 22.6 Å². The van der Waals surface area contributed by atoms with E-state index in [9.17, 15) is 14.7 Å². The van der Waals surface area contributed by atoms with E-state index < -0.39 is 18.5 Å². The van der Waals surface area contributed by atoms with Gasteiger partial charge in [-0.25, -0.2) is 9.97 Å². The average molecular weight is 786 g/mol. The van der Waals surface area contributed by atoms with Gasteiger partial charge in [-0.05, 0) is 80.3 Å². The van der Waals surface area contributed by atoms with E-state index in [1.54, 1.807) is 6.08 Å². The third kappa shape index (κ3) is 6.77. The zero-order valence-electron chi connectivity index (χ0n) is 33.8. The Morgan fingerprint density at radius 3 is 2.31 bits per heavy atom. The van der Waals surface area contributed by atoms with Crippen LogP contribution in [0.4, 0.5) is 0 Å². The van der Waals surface area contributed by atoms with Crippen LogP contribution >= 0.6 is 0 Å². The maximum Gasteiger partial charge on any atom is 0.240 e. The van der Waals surface area contributed by atoms with Gasteiger partial charge in [0.1, 0.15) is 23.6 Å². The molecule has 7 unspecified atom stereocenters. The third-order valence-corrected chi connectivity index (χ3v) is 12.9. The highest BCUT2D eigenvalue weighted by molar-refractivity contribution is 5.93. The zero-order valence-corrected chi connectivity index (χ0v) is 33.8. The van der Waals surface area contributed by atoms with Gasteiger partial charge in [0, 0.05) is 53.5 Å². The molecule has 0 bridgehead atoms. The van der Waals surface area contributed by atoms with Gasteiger partial charge in [-0.1, -0.05) is 45.9 Å². The number of aromatic nitrogens is 5. The highest BCUT2D eigenvalue weighted by Crippen LogP contribution is 2.48. The van der Waals surface area contributed by atoms with Crippen molar-refractivity contribution < 1.29 is 19.4 Å². The van der Waals surface area contributed by atoms with Gasteiger partial charge in [0.15, 0.2) is 12.0 Å². The molecule has 58 heavy (non-hydrogen) atoms. The number of amides is 1. The Hall–Kier alpha value is -5.08. The highest BCUT2D eigenvalue weighted by atomic mass is 16.5. The number of nitrogens with two attached hydrogens (primary N) is 2. The van der Waals surface area contributed by atoms with E-state index in [4.69, 9.17) is 26.2 Å². The van der Waals surface area contributed by atoms with Crippen molar-refractivity contribution in [1.29, 1.82) is 0 Å². The van der Waals surface area contributed by atoms with Crippen LogP contribution in [0.15, 0.2) is 67.0 Å². The number of likely N-dealkylation sites (tertiary alicyclic amines) is 2. The Labute approximate surface area is 338 Å². The molecule has 9 rings (SSSR count). The van der Waals surface area contributed by atoms with Crippen LogP contribution in [0, 0.1) is 17.8 Å². The summed E-state index contributed by atoms with van der Waals surface area (Å²) in [5.74, 6) is 2.59. The number of imidazole rings is 2. The summed E-state index contributed by atoms with van der Waals surface area (Å²) in [6.45, 7) is 9.46. The molecule has 13 heteroatoms. The van der Waals surface area contributed by atoms with Crippen molar-refractivity contribution in [1.82, 2.24) is 34.3 Å². The predicted molar refractivity (Wildman–Crippen MR) is 223 cm³/mol. The Kier molecular flexibility index (Phi) is 10.1. The van der Waals surface area contributed by atoms with E-state index in [-0.39, 0.29) is 47.6 Å². The van der Waals surface area contributed by atoms with Gasteiger partial charge in [-0.2, -0.15) is 0 Å². The fourth-order valence-corrected chi connectivity index (χ4v) is 9.44. The van der Waals surface area contributed by atoms with Gasteiger partial charge in [0.2, 0.25) is 5.91 Å². The summed E-state index contributed by atoms with van der Waals surface area (Å²) in [5, 5.41) is 12.2. The monoisotopic (exact) mass is 785 g/mol. The molecule has 2 saturated heterocycles. The maximum absolute atomic E-state index is 13.3. The second-order valence-corrected chi connectivity index (χ2v) is 17.4. The number of hydrogen-bond acceptors (Lipinski definition) is 9.